The zero-order valence-corrected chi connectivity index (χ0v) is 10.3. The van der Waals surface area contributed by atoms with Gasteiger partial charge in [0.25, 0.3) is 0 Å². The second-order valence-electron chi connectivity index (χ2n) is 4.41. The summed E-state index contributed by atoms with van der Waals surface area (Å²) in [6, 6.07) is 6.86. The first kappa shape index (κ1) is 12.3. The van der Waals surface area contributed by atoms with Crippen molar-refractivity contribution in [2.24, 2.45) is 0 Å². The van der Waals surface area contributed by atoms with Gasteiger partial charge < -0.3 is 10.2 Å². The highest BCUT2D eigenvalue weighted by Gasteiger charge is 2.16. The largest absolute Gasteiger partial charge is 0.369 e. The highest BCUT2D eigenvalue weighted by molar-refractivity contribution is 5.46. The quantitative estimate of drug-likeness (QED) is 0.848. The van der Waals surface area contributed by atoms with Crippen LogP contribution in [0.2, 0.25) is 0 Å². The first-order valence-electron chi connectivity index (χ1n) is 6.17. The van der Waals surface area contributed by atoms with Gasteiger partial charge in [-0.2, -0.15) is 0 Å². The van der Waals surface area contributed by atoms with Gasteiger partial charge in [0.15, 0.2) is 0 Å². The van der Waals surface area contributed by atoms with E-state index in [2.05, 4.69) is 15.1 Å². The minimum atomic E-state index is -0.153. The van der Waals surface area contributed by atoms with E-state index in [1.165, 1.54) is 6.07 Å². The van der Waals surface area contributed by atoms with Gasteiger partial charge in [0, 0.05) is 45.0 Å². The van der Waals surface area contributed by atoms with Gasteiger partial charge >= 0.3 is 0 Å². The van der Waals surface area contributed by atoms with Crippen molar-refractivity contribution in [1.29, 1.82) is 0 Å². The number of piperazine rings is 1. The number of hydrogen-bond donors (Lipinski definition) is 1. The summed E-state index contributed by atoms with van der Waals surface area (Å²) < 4.78 is 13.1. The summed E-state index contributed by atoms with van der Waals surface area (Å²) in [5.41, 5.74) is 0.998. The summed E-state index contributed by atoms with van der Waals surface area (Å²) in [5.74, 6) is -0.153. The zero-order chi connectivity index (χ0) is 12.1. The number of nitrogens with zero attached hydrogens (tertiary/aromatic N) is 2. The van der Waals surface area contributed by atoms with Crippen molar-refractivity contribution < 1.29 is 4.39 Å². The molecule has 0 atom stereocenters. The van der Waals surface area contributed by atoms with Gasteiger partial charge in [0.1, 0.15) is 5.82 Å². The third kappa shape index (κ3) is 3.41. The normalized spacial score (nSPS) is 17.4. The molecular formula is C13H20FN3. The molecule has 0 saturated carbocycles. The molecule has 1 aromatic rings. The lowest BCUT2D eigenvalue weighted by Crippen LogP contribution is -2.48. The number of anilines is 1. The van der Waals surface area contributed by atoms with Crippen LogP contribution in [-0.2, 0) is 0 Å². The Morgan fingerprint density at radius 2 is 2.00 bits per heavy atom. The molecular weight excluding hydrogens is 217 g/mol. The molecule has 17 heavy (non-hydrogen) atoms. The molecule has 1 N–H and O–H groups in total. The van der Waals surface area contributed by atoms with E-state index in [1.807, 2.05) is 13.1 Å². The molecule has 0 unspecified atom stereocenters. The van der Waals surface area contributed by atoms with Crippen molar-refractivity contribution in [3.63, 3.8) is 0 Å². The number of halogens is 1. The Labute approximate surface area is 102 Å². The van der Waals surface area contributed by atoms with Gasteiger partial charge in [-0.3, -0.25) is 4.90 Å². The zero-order valence-electron chi connectivity index (χ0n) is 10.3. The second kappa shape index (κ2) is 5.98. The van der Waals surface area contributed by atoms with E-state index >= 15 is 0 Å². The summed E-state index contributed by atoms with van der Waals surface area (Å²) >= 11 is 0. The lowest BCUT2D eigenvalue weighted by molar-refractivity contribution is 0.259. The number of likely N-dealkylation sites (N-methyl/N-ethyl adjacent to an activating group) is 1. The van der Waals surface area contributed by atoms with Crippen LogP contribution < -0.4 is 10.2 Å². The minimum absolute atomic E-state index is 0.153. The van der Waals surface area contributed by atoms with E-state index in [9.17, 15) is 4.39 Å². The smallest absolute Gasteiger partial charge is 0.125 e. The maximum atomic E-state index is 13.1. The molecule has 94 valence electrons. The van der Waals surface area contributed by atoms with E-state index in [-0.39, 0.29) is 5.82 Å². The summed E-state index contributed by atoms with van der Waals surface area (Å²) in [5, 5.41) is 3.16. The fourth-order valence-electron chi connectivity index (χ4n) is 2.17. The molecule has 2 rings (SSSR count). The Morgan fingerprint density at radius 1 is 1.24 bits per heavy atom. The standard InChI is InChI=1S/C13H20FN3/c1-15-5-6-16-7-9-17(10-8-16)13-4-2-3-12(14)11-13/h2-4,11,15H,5-10H2,1H3. The van der Waals surface area contributed by atoms with Crippen LogP contribution in [0.15, 0.2) is 24.3 Å². The Bertz CT molecular complexity index is 348. The highest BCUT2D eigenvalue weighted by atomic mass is 19.1. The Morgan fingerprint density at radius 3 is 2.65 bits per heavy atom. The maximum Gasteiger partial charge on any atom is 0.125 e. The van der Waals surface area contributed by atoms with Gasteiger partial charge in [0.05, 0.1) is 0 Å². The molecule has 0 radical (unpaired) electrons. The summed E-state index contributed by atoms with van der Waals surface area (Å²) in [7, 11) is 1.98. The molecule has 0 spiro atoms. The van der Waals surface area contributed by atoms with Crippen LogP contribution in [0.25, 0.3) is 0 Å². The molecule has 1 saturated heterocycles. The number of rotatable bonds is 4. The SMILES string of the molecule is CNCCN1CCN(c2cccc(F)c2)CC1. The van der Waals surface area contributed by atoms with E-state index in [0.717, 1.165) is 45.0 Å². The van der Waals surface area contributed by atoms with Crippen molar-refractivity contribution in [3.8, 4) is 0 Å². The molecule has 1 aromatic carbocycles. The number of hydrogen-bond acceptors (Lipinski definition) is 3. The Balaban J connectivity index is 1.86. The predicted octanol–water partition coefficient (Wildman–Crippen LogP) is 1.17. The van der Waals surface area contributed by atoms with Crippen molar-refractivity contribution in [2.45, 2.75) is 0 Å². The summed E-state index contributed by atoms with van der Waals surface area (Å²) in [6.07, 6.45) is 0. The first-order chi connectivity index (χ1) is 8.29. The molecule has 0 aliphatic carbocycles. The van der Waals surface area contributed by atoms with Crippen molar-refractivity contribution >= 4 is 5.69 Å². The molecule has 1 aliphatic heterocycles. The summed E-state index contributed by atoms with van der Waals surface area (Å²) in [6.45, 7) is 6.18. The topological polar surface area (TPSA) is 18.5 Å². The van der Waals surface area contributed by atoms with Gasteiger partial charge in [0.2, 0.25) is 0 Å². The fourth-order valence-corrected chi connectivity index (χ4v) is 2.17. The van der Waals surface area contributed by atoms with Crippen LogP contribution in [0.5, 0.6) is 0 Å². The van der Waals surface area contributed by atoms with Crippen molar-refractivity contribution in [3.05, 3.63) is 30.1 Å². The fraction of sp³-hybridized carbons (Fsp3) is 0.538. The molecule has 4 heteroatoms. The van der Waals surface area contributed by atoms with Gasteiger partial charge in [-0.05, 0) is 25.2 Å². The van der Waals surface area contributed by atoms with Crippen LogP contribution in [0.3, 0.4) is 0 Å². The average molecular weight is 237 g/mol. The van der Waals surface area contributed by atoms with E-state index < -0.39 is 0 Å². The third-order valence-corrected chi connectivity index (χ3v) is 3.22. The van der Waals surface area contributed by atoms with E-state index in [0.29, 0.717) is 0 Å². The predicted molar refractivity (Wildman–Crippen MR) is 69.0 cm³/mol. The van der Waals surface area contributed by atoms with Crippen LogP contribution >= 0.6 is 0 Å². The number of benzene rings is 1. The molecule has 1 aliphatic rings. The highest BCUT2D eigenvalue weighted by Crippen LogP contribution is 2.17. The minimum Gasteiger partial charge on any atom is -0.369 e. The van der Waals surface area contributed by atoms with Crippen LogP contribution in [0.1, 0.15) is 0 Å². The Kier molecular flexibility index (Phi) is 4.34. The molecule has 1 heterocycles. The van der Waals surface area contributed by atoms with E-state index in [4.69, 9.17) is 0 Å². The Hall–Kier alpha value is -1.13. The van der Waals surface area contributed by atoms with Crippen LogP contribution in [-0.4, -0.2) is 51.2 Å². The van der Waals surface area contributed by atoms with Crippen LogP contribution in [0, 0.1) is 5.82 Å². The number of nitrogens with one attached hydrogen (secondary N) is 1. The molecule has 3 nitrogen and oxygen atoms in total. The molecule has 0 aromatic heterocycles. The lowest BCUT2D eigenvalue weighted by Gasteiger charge is -2.36. The third-order valence-electron chi connectivity index (χ3n) is 3.22. The maximum absolute atomic E-state index is 13.1. The van der Waals surface area contributed by atoms with Gasteiger partial charge in [-0.15, -0.1) is 0 Å². The first-order valence-corrected chi connectivity index (χ1v) is 6.17. The second-order valence-corrected chi connectivity index (χ2v) is 4.41. The molecule has 0 amide bonds. The van der Waals surface area contributed by atoms with Crippen LogP contribution in [0.4, 0.5) is 10.1 Å². The lowest BCUT2D eigenvalue weighted by atomic mass is 10.2. The van der Waals surface area contributed by atoms with Gasteiger partial charge in [-0.25, -0.2) is 4.39 Å². The van der Waals surface area contributed by atoms with Crippen molar-refractivity contribution in [2.75, 3.05) is 51.2 Å². The molecule has 0 bridgehead atoms. The molecule has 1 fully saturated rings. The monoisotopic (exact) mass is 237 g/mol. The summed E-state index contributed by atoms with van der Waals surface area (Å²) in [4.78, 5) is 4.69. The average Bonchev–Trinajstić information content (AvgIpc) is 2.37. The van der Waals surface area contributed by atoms with Crippen molar-refractivity contribution in [1.82, 2.24) is 10.2 Å². The van der Waals surface area contributed by atoms with E-state index in [1.54, 1.807) is 12.1 Å². The van der Waals surface area contributed by atoms with Gasteiger partial charge in [-0.1, -0.05) is 6.07 Å².